The Bertz CT molecular complexity index is 445. The van der Waals surface area contributed by atoms with Gasteiger partial charge in [0, 0.05) is 30.9 Å². The molecule has 2 aromatic rings. The van der Waals surface area contributed by atoms with Crippen molar-refractivity contribution < 1.29 is 0 Å². The van der Waals surface area contributed by atoms with Crippen LogP contribution >= 0.6 is 11.3 Å². The molecule has 1 unspecified atom stereocenters. The maximum atomic E-state index is 4.24. The third kappa shape index (κ3) is 2.33. The van der Waals surface area contributed by atoms with Crippen LogP contribution in [0.5, 0.6) is 0 Å². The first-order valence-corrected chi connectivity index (χ1v) is 6.35. The Labute approximate surface area is 100 Å². The third-order valence-corrected chi connectivity index (χ3v) is 3.68. The predicted molar refractivity (Wildman–Crippen MR) is 67.5 cm³/mol. The zero-order chi connectivity index (χ0) is 11.5. The molecule has 86 valence electrons. The van der Waals surface area contributed by atoms with Gasteiger partial charge < -0.3 is 5.32 Å². The van der Waals surface area contributed by atoms with Gasteiger partial charge in [0.15, 0.2) is 0 Å². The van der Waals surface area contributed by atoms with Crippen molar-refractivity contribution in [3.05, 3.63) is 39.8 Å². The number of hydrogen-bond acceptors (Lipinski definition) is 3. The van der Waals surface area contributed by atoms with E-state index in [2.05, 4.69) is 41.1 Å². The Kier molecular flexibility index (Phi) is 3.41. The summed E-state index contributed by atoms with van der Waals surface area (Å²) in [4.78, 5) is 0. The van der Waals surface area contributed by atoms with Gasteiger partial charge in [0.1, 0.15) is 0 Å². The van der Waals surface area contributed by atoms with Crippen molar-refractivity contribution in [1.82, 2.24) is 15.1 Å². The molecule has 4 heteroatoms. The van der Waals surface area contributed by atoms with E-state index in [4.69, 9.17) is 0 Å². The van der Waals surface area contributed by atoms with Crippen LogP contribution in [0.2, 0.25) is 0 Å². The lowest BCUT2D eigenvalue weighted by molar-refractivity contribution is 0.574. The molecule has 0 saturated carbocycles. The van der Waals surface area contributed by atoms with Gasteiger partial charge in [0.25, 0.3) is 0 Å². The van der Waals surface area contributed by atoms with E-state index in [-0.39, 0.29) is 0 Å². The summed E-state index contributed by atoms with van der Waals surface area (Å²) in [6.07, 6.45) is 1.93. The number of aromatic nitrogens is 2. The van der Waals surface area contributed by atoms with Crippen LogP contribution in [0.3, 0.4) is 0 Å². The van der Waals surface area contributed by atoms with Gasteiger partial charge in [-0.25, -0.2) is 0 Å². The van der Waals surface area contributed by atoms with Gasteiger partial charge >= 0.3 is 0 Å². The lowest BCUT2D eigenvalue weighted by Crippen LogP contribution is -2.17. The van der Waals surface area contributed by atoms with Crippen LogP contribution in [0.15, 0.2) is 23.0 Å². The van der Waals surface area contributed by atoms with E-state index in [1.54, 1.807) is 11.3 Å². The Balaban J connectivity index is 1.95. The summed E-state index contributed by atoms with van der Waals surface area (Å²) in [6, 6.07) is 2.56. The van der Waals surface area contributed by atoms with Gasteiger partial charge in [0.05, 0.1) is 6.20 Å². The van der Waals surface area contributed by atoms with Crippen LogP contribution in [0.1, 0.15) is 29.8 Å². The Morgan fingerprint density at radius 1 is 1.56 bits per heavy atom. The molecule has 2 rings (SSSR count). The molecule has 0 radical (unpaired) electrons. The SMILES string of the molecule is Cc1c(CNC(C)c2ccsc2)cnn1C. The number of nitrogens with one attached hydrogen (secondary N) is 1. The molecule has 0 aliphatic carbocycles. The molecule has 1 N–H and O–H groups in total. The molecule has 0 aliphatic rings. The quantitative estimate of drug-likeness (QED) is 0.883. The first kappa shape index (κ1) is 11.4. The molecule has 1 atom stereocenters. The van der Waals surface area contributed by atoms with Gasteiger partial charge in [-0.1, -0.05) is 0 Å². The molecule has 0 amide bonds. The molecule has 0 bridgehead atoms. The van der Waals surface area contributed by atoms with E-state index in [0.29, 0.717) is 6.04 Å². The molecular weight excluding hydrogens is 218 g/mol. The average molecular weight is 235 g/mol. The zero-order valence-electron chi connectivity index (χ0n) is 9.90. The number of nitrogens with zero attached hydrogens (tertiary/aromatic N) is 2. The molecule has 2 aromatic heterocycles. The molecule has 0 aromatic carbocycles. The van der Waals surface area contributed by atoms with Crippen molar-refractivity contribution in [2.24, 2.45) is 7.05 Å². The number of aryl methyl sites for hydroxylation is 1. The second-order valence-electron chi connectivity index (χ2n) is 4.04. The van der Waals surface area contributed by atoms with E-state index in [1.807, 2.05) is 17.9 Å². The summed E-state index contributed by atoms with van der Waals surface area (Å²) in [5.41, 5.74) is 3.85. The number of rotatable bonds is 4. The van der Waals surface area contributed by atoms with Crippen molar-refractivity contribution in [3.63, 3.8) is 0 Å². The summed E-state index contributed by atoms with van der Waals surface area (Å²) < 4.78 is 1.91. The van der Waals surface area contributed by atoms with Crippen LogP contribution in [-0.4, -0.2) is 9.78 Å². The van der Waals surface area contributed by atoms with Crippen LogP contribution in [0, 0.1) is 6.92 Å². The highest BCUT2D eigenvalue weighted by molar-refractivity contribution is 7.07. The van der Waals surface area contributed by atoms with Crippen LogP contribution in [-0.2, 0) is 13.6 Å². The van der Waals surface area contributed by atoms with Gasteiger partial charge in [-0.15, -0.1) is 0 Å². The highest BCUT2D eigenvalue weighted by Gasteiger charge is 2.07. The Morgan fingerprint density at radius 3 is 2.94 bits per heavy atom. The minimum atomic E-state index is 0.394. The summed E-state index contributed by atoms with van der Waals surface area (Å²) in [6.45, 7) is 5.16. The standard InChI is InChI=1S/C12H17N3S/c1-9(11-4-5-16-8-11)13-6-12-7-14-15(3)10(12)2/h4-5,7-9,13H,6H2,1-3H3. The van der Waals surface area contributed by atoms with Crippen LogP contribution < -0.4 is 5.32 Å². The van der Waals surface area contributed by atoms with E-state index < -0.39 is 0 Å². The van der Waals surface area contributed by atoms with Crippen molar-refractivity contribution >= 4 is 11.3 Å². The summed E-state index contributed by atoms with van der Waals surface area (Å²) in [5.74, 6) is 0. The Hall–Kier alpha value is -1.13. The molecule has 0 spiro atoms. The zero-order valence-corrected chi connectivity index (χ0v) is 10.7. The maximum Gasteiger partial charge on any atom is 0.0537 e. The molecule has 0 fully saturated rings. The van der Waals surface area contributed by atoms with Gasteiger partial charge in [-0.3, -0.25) is 4.68 Å². The molecular formula is C12H17N3S. The van der Waals surface area contributed by atoms with E-state index >= 15 is 0 Å². The second-order valence-corrected chi connectivity index (χ2v) is 4.82. The largest absolute Gasteiger partial charge is 0.306 e. The molecule has 2 heterocycles. The van der Waals surface area contributed by atoms with Crippen molar-refractivity contribution in [2.45, 2.75) is 26.4 Å². The normalized spacial score (nSPS) is 12.9. The highest BCUT2D eigenvalue weighted by atomic mass is 32.1. The smallest absolute Gasteiger partial charge is 0.0537 e. The summed E-state index contributed by atoms with van der Waals surface area (Å²) >= 11 is 1.74. The number of thiophene rings is 1. The monoisotopic (exact) mass is 235 g/mol. The van der Waals surface area contributed by atoms with Crippen molar-refractivity contribution in [1.29, 1.82) is 0 Å². The minimum Gasteiger partial charge on any atom is -0.306 e. The van der Waals surface area contributed by atoms with E-state index in [1.165, 1.54) is 16.8 Å². The molecule has 16 heavy (non-hydrogen) atoms. The fourth-order valence-electron chi connectivity index (χ4n) is 1.62. The van der Waals surface area contributed by atoms with Gasteiger partial charge in [-0.2, -0.15) is 16.4 Å². The topological polar surface area (TPSA) is 29.9 Å². The van der Waals surface area contributed by atoms with Gasteiger partial charge in [0.2, 0.25) is 0 Å². The van der Waals surface area contributed by atoms with E-state index in [9.17, 15) is 0 Å². The summed E-state index contributed by atoms with van der Waals surface area (Å²) in [5, 5.41) is 12.0. The molecule has 3 nitrogen and oxygen atoms in total. The van der Waals surface area contributed by atoms with Gasteiger partial charge in [-0.05, 0) is 36.2 Å². The average Bonchev–Trinajstić information content (AvgIpc) is 2.89. The summed E-state index contributed by atoms with van der Waals surface area (Å²) in [7, 11) is 1.97. The molecule has 0 aliphatic heterocycles. The van der Waals surface area contributed by atoms with Crippen molar-refractivity contribution in [2.75, 3.05) is 0 Å². The Morgan fingerprint density at radius 2 is 2.38 bits per heavy atom. The minimum absolute atomic E-state index is 0.394. The first-order valence-electron chi connectivity index (χ1n) is 5.41. The van der Waals surface area contributed by atoms with Crippen molar-refractivity contribution in [3.8, 4) is 0 Å². The van der Waals surface area contributed by atoms with Crippen LogP contribution in [0.25, 0.3) is 0 Å². The third-order valence-electron chi connectivity index (χ3n) is 2.98. The first-order chi connectivity index (χ1) is 7.68. The number of hydrogen-bond donors (Lipinski definition) is 1. The maximum absolute atomic E-state index is 4.24. The fraction of sp³-hybridized carbons (Fsp3) is 0.417. The lowest BCUT2D eigenvalue weighted by Gasteiger charge is -2.12. The van der Waals surface area contributed by atoms with E-state index in [0.717, 1.165) is 6.54 Å². The van der Waals surface area contributed by atoms with Crippen LogP contribution in [0.4, 0.5) is 0 Å². The molecule has 0 saturated heterocycles. The highest BCUT2D eigenvalue weighted by Crippen LogP contribution is 2.16. The second kappa shape index (κ2) is 4.80. The fourth-order valence-corrected chi connectivity index (χ4v) is 2.37. The lowest BCUT2D eigenvalue weighted by atomic mass is 10.1. The predicted octanol–water partition coefficient (Wildman–Crippen LogP) is 2.64.